The average Bonchev–Trinajstić information content (AvgIpc) is 2.25. The van der Waals surface area contributed by atoms with Crippen molar-refractivity contribution in [2.24, 2.45) is 0 Å². The molecule has 0 spiro atoms. The molecular weight excluding hydrogens is 268 g/mol. The molecule has 0 aliphatic heterocycles. The number of hydrogen-bond donors (Lipinski definition) is 1. The monoisotopic (exact) mass is 284 g/mol. The third kappa shape index (κ3) is 4.17. The van der Waals surface area contributed by atoms with E-state index in [1.165, 1.54) is 12.1 Å². The average molecular weight is 284 g/mol. The second kappa shape index (κ2) is 5.13. The Labute approximate surface area is 112 Å². The van der Waals surface area contributed by atoms with Gasteiger partial charge in [0.15, 0.2) is 0 Å². The van der Waals surface area contributed by atoms with E-state index in [9.17, 15) is 18.0 Å². The van der Waals surface area contributed by atoms with Gasteiger partial charge in [-0.2, -0.15) is 0 Å². The Morgan fingerprint density at radius 2 is 1.63 bits per heavy atom. The summed E-state index contributed by atoms with van der Waals surface area (Å²) < 4.78 is 22.7. The van der Waals surface area contributed by atoms with Gasteiger partial charge in [-0.3, -0.25) is 4.79 Å². The fraction of sp³-hybridized carbons (Fsp3) is 0.385. The lowest BCUT2D eigenvalue weighted by atomic mass is 9.86. The largest absolute Gasteiger partial charge is 0.475 e. The Bertz CT molecular complexity index is 596. The zero-order valence-corrected chi connectivity index (χ0v) is 11.8. The highest BCUT2D eigenvalue weighted by Gasteiger charge is 2.26. The van der Waals surface area contributed by atoms with Crippen molar-refractivity contribution in [1.82, 2.24) is 0 Å². The second-order valence-corrected chi connectivity index (χ2v) is 7.31. The first-order valence-electron chi connectivity index (χ1n) is 5.59. The highest BCUT2D eigenvalue weighted by Crippen LogP contribution is 2.25. The fourth-order valence-electron chi connectivity index (χ4n) is 1.94. The lowest BCUT2D eigenvalue weighted by Crippen LogP contribution is -2.27. The highest BCUT2D eigenvalue weighted by atomic mass is 32.2. The molecule has 0 atom stereocenters. The summed E-state index contributed by atoms with van der Waals surface area (Å²) in [5, 5.41) is 8.59. The molecule has 1 N–H and O–H groups in total. The van der Waals surface area contributed by atoms with Crippen LogP contribution in [0, 0.1) is 0 Å². The number of rotatable bonds is 5. The molecule has 6 heteroatoms. The van der Waals surface area contributed by atoms with Crippen molar-refractivity contribution in [3.05, 3.63) is 35.4 Å². The topological polar surface area (TPSA) is 88.5 Å². The molecule has 104 valence electrons. The van der Waals surface area contributed by atoms with E-state index >= 15 is 0 Å². The van der Waals surface area contributed by atoms with Crippen LogP contribution in [0.3, 0.4) is 0 Å². The lowest BCUT2D eigenvalue weighted by molar-refractivity contribution is -0.131. The van der Waals surface area contributed by atoms with Crippen molar-refractivity contribution in [3.63, 3.8) is 0 Å². The first kappa shape index (κ1) is 15.4. The Hall–Kier alpha value is -1.69. The first-order valence-corrected chi connectivity index (χ1v) is 7.65. The summed E-state index contributed by atoms with van der Waals surface area (Å²) in [6, 6.07) is 5.97. The van der Waals surface area contributed by atoms with Crippen molar-refractivity contribution >= 4 is 21.6 Å². The van der Waals surface area contributed by atoms with Gasteiger partial charge in [0, 0.05) is 17.2 Å². The third-order valence-corrected chi connectivity index (χ3v) is 3.99. The zero-order valence-electron chi connectivity index (χ0n) is 11.0. The van der Waals surface area contributed by atoms with Crippen LogP contribution in [0.1, 0.15) is 29.8 Å². The predicted octanol–water partition coefficient (Wildman–Crippen LogP) is 1.28. The van der Waals surface area contributed by atoms with Crippen LogP contribution in [-0.4, -0.2) is 37.3 Å². The molecule has 0 aromatic heterocycles. The second-order valence-electron chi connectivity index (χ2n) is 5.17. The van der Waals surface area contributed by atoms with Gasteiger partial charge in [-0.1, -0.05) is 38.1 Å². The summed E-state index contributed by atoms with van der Waals surface area (Å²) in [6.07, 6.45) is 1.16. The number of carbonyl (C=O) groups excluding carboxylic acids is 1. The molecule has 0 amide bonds. The molecule has 5 nitrogen and oxygen atoms in total. The van der Waals surface area contributed by atoms with Crippen LogP contribution in [-0.2, 0) is 20.0 Å². The Kier molecular flexibility index (Phi) is 4.15. The van der Waals surface area contributed by atoms with Crippen molar-refractivity contribution in [3.8, 4) is 0 Å². The smallest absolute Gasteiger partial charge is 0.377 e. The summed E-state index contributed by atoms with van der Waals surface area (Å²) in [6.45, 7) is 3.56. The molecule has 0 aliphatic rings. The number of hydrogen-bond acceptors (Lipinski definition) is 4. The molecule has 0 fully saturated rings. The summed E-state index contributed by atoms with van der Waals surface area (Å²) in [7, 11) is -3.13. The number of ketones is 1. The Morgan fingerprint density at radius 1 is 1.16 bits per heavy atom. The van der Waals surface area contributed by atoms with E-state index in [1.807, 2.05) is 0 Å². The van der Waals surface area contributed by atoms with Gasteiger partial charge in [0.1, 0.15) is 9.84 Å². The summed E-state index contributed by atoms with van der Waals surface area (Å²) in [5.41, 5.74) is 0.213. The maximum absolute atomic E-state index is 11.4. The van der Waals surface area contributed by atoms with E-state index in [-0.39, 0.29) is 11.3 Å². The van der Waals surface area contributed by atoms with Gasteiger partial charge in [-0.15, -0.1) is 0 Å². The van der Waals surface area contributed by atoms with Crippen molar-refractivity contribution in [2.75, 3.05) is 12.0 Å². The first-order chi connectivity index (χ1) is 8.53. The van der Waals surface area contributed by atoms with Gasteiger partial charge < -0.3 is 5.11 Å². The van der Waals surface area contributed by atoms with Gasteiger partial charge >= 0.3 is 5.97 Å². The highest BCUT2D eigenvalue weighted by molar-refractivity contribution is 7.90. The van der Waals surface area contributed by atoms with E-state index in [1.54, 1.807) is 26.0 Å². The Balaban J connectivity index is 3.05. The van der Waals surface area contributed by atoms with Gasteiger partial charge in [-0.25, -0.2) is 13.2 Å². The molecular formula is C13H16O5S. The van der Waals surface area contributed by atoms with E-state index in [0.29, 0.717) is 0 Å². The van der Waals surface area contributed by atoms with E-state index < -0.39 is 27.0 Å². The maximum atomic E-state index is 11.4. The molecule has 1 aromatic carbocycles. The standard InChI is InChI=1S/C13H16O5S/c1-13(2,8-19(3,17)18)10-6-4-9(5-7-10)11(14)12(15)16/h4-7H,8H2,1-3H3,(H,15,16). The van der Waals surface area contributed by atoms with Crippen LogP contribution in [0.25, 0.3) is 0 Å². The minimum atomic E-state index is -3.13. The molecule has 0 saturated carbocycles. The minimum absolute atomic E-state index is 0.0216. The van der Waals surface area contributed by atoms with Crippen molar-refractivity contribution in [1.29, 1.82) is 0 Å². The van der Waals surface area contributed by atoms with Crippen LogP contribution in [0.4, 0.5) is 0 Å². The number of aliphatic carboxylic acids is 1. The number of carboxylic acids is 1. The van der Waals surface area contributed by atoms with Gasteiger partial charge in [0.05, 0.1) is 5.75 Å². The normalized spacial score (nSPS) is 12.2. The fourth-order valence-corrected chi connectivity index (χ4v) is 3.41. The minimum Gasteiger partial charge on any atom is -0.475 e. The molecule has 0 saturated heterocycles. The molecule has 19 heavy (non-hydrogen) atoms. The number of carboxylic acid groups (broad SMARTS) is 1. The summed E-state index contributed by atoms with van der Waals surface area (Å²) >= 11 is 0. The van der Waals surface area contributed by atoms with Crippen LogP contribution in [0.2, 0.25) is 0 Å². The van der Waals surface area contributed by atoms with Gasteiger partial charge in [-0.05, 0) is 5.56 Å². The van der Waals surface area contributed by atoms with Gasteiger partial charge in [0.25, 0.3) is 5.78 Å². The molecule has 0 bridgehead atoms. The quantitative estimate of drug-likeness (QED) is 0.650. The van der Waals surface area contributed by atoms with Crippen LogP contribution < -0.4 is 0 Å². The van der Waals surface area contributed by atoms with E-state index in [2.05, 4.69) is 0 Å². The zero-order chi connectivity index (χ0) is 14.8. The SMILES string of the molecule is CC(C)(CS(C)(=O)=O)c1ccc(C(=O)C(=O)O)cc1. The van der Waals surface area contributed by atoms with E-state index in [0.717, 1.165) is 11.8 Å². The van der Waals surface area contributed by atoms with Gasteiger partial charge in [0.2, 0.25) is 0 Å². The van der Waals surface area contributed by atoms with Crippen LogP contribution in [0.15, 0.2) is 24.3 Å². The summed E-state index contributed by atoms with van der Waals surface area (Å²) in [4.78, 5) is 21.8. The number of benzene rings is 1. The van der Waals surface area contributed by atoms with Crippen molar-refractivity contribution < 1.29 is 23.1 Å². The molecule has 1 aromatic rings. The number of Topliss-reactive ketones (excluding diaryl/α,β-unsaturated/α-hetero) is 1. The molecule has 0 radical (unpaired) electrons. The lowest BCUT2D eigenvalue weighted by Gasteiger charge is -2.24. The molecule has 0 unspecified atom stereocenters. The van der Waals surface area contributed by atoms with Crippen LogP contribution in [0.5, 0.6) is 0 Å². The molecule has 0 heterocycles. The third-order valence-electron chi connectivity index (χ3n) is 2.75. The number of sulfone groups is 1. The molecule has 0 aliphatic carbocycles. The molecule has 1 rings (SSSR count). The Morgan fingerprint density at radius 3 is 2.00 bits per heavy atom. The van der Waals surface area contributed by atoms with Crippen LogP contribution >= 0.6 is 0 Å². The van der Waals surface area contributed by atoms with Crippen molar-refractivity contribution in [2.45, 2.75) is 19.3 Å². The predicted molar refractivity (Wildman–Crippen MR) is 71.1 cm³/mol. The summed E-state index contributed by atoms with van der Waals surface area (Å²) in [5.74, 6) is -2.51. The van der Waals surface area contributed by atoms with E-state index in [4.69, 9.17) is 5.11 Å². The maximum Gasteiger partial charge on any atom is 0.377 e. The number of carbonyl (C=O) groups is 2.